The number of halogens is 2. The molecule has 0 atom stereocenters. The van der Waals surface area contributed by atoms with Crippen LogP contribution in [-0.2, 0) is 18.6 Å². The van der Waals surface area contributed by atoms with Gasteiger partial charge in [-0.25, -0.2) is 0 Å². The van der Waals surface area contributed by atoms with Crippen molar-refractivity contribution in [3.05, 3.63) is 56.6 Å². The molecule has 0 aliphatic carbocycles. The third-order valence-electron chi connectivity index (χ3n) is 4.36. The van der Waals surface area contributed by atoms with E-state index in [1.54, 1.807) is 0 Å². The molecule has 0 saturated carbocycles. The molecule has 0 spiro atoms. The van der Waals surface area contributed by atoms with Gasteiger partial charge in [0.25, 0.3) is 0 Å². The van der Waals surface area contributed by atoms with E-state index in [0.717, 1.165) is 0 Å². The molecular weight excluding hydrogens is 338 g/mol. The Kier molecular flexibility index (Phi) is 13.0. The van der Waals surface area contributed by atoms with Crippen molar-refractivity contribution < 1.29 is 43.4 Å². The largest absolute Gasteiger partial charge is 4.00 e. The fourth-order valence-corrected chi connectivity index (χ4v) is 2.27. The van der Waals surface area contributed by atoms with Crippen LogP contribution in [0.1, 0.15) is 44.5 Å². The molecule has 0 nitrogen and oxygen atoms in total. The summed E-state index contributed by atoms with van der Waals surface area (Å²) in [5.41, 5.74) is 11.5. The average Bonchev–Trinajstić information content (AvgIpc) is 2.66. The van der Waals surface area contributed by atoms with E-state index in [1.165, 1.54) is 44.5 Å². The molecule has 2 aromatic rings. The zero-order valence-corrected chi connectivity index (χ0v) is 17.3. The summed E-state index contributed by atoms with van der Waals surface area (Å²) in [5.74, 6) is 0. The van der Waals surface area contributed by atoms with Crippen LogP contribution in [0.2, 0.25) is 0 Å². The van der Waals surface area contributed by atoms with Crippen molar-refractivity contribution >= 4 is 0 Å². The zero-order chi connectivity index (χ0) is 14.0. The maximum Gasteiger partial charge on any atom is 4.00 e. The van der Waals surface area contributed by atoms with Crippen molar-refractivity contribution in [2.45, 2.75) is 55.4 Å². The minimum Gasteiger partial charge on any atom is -1.00 e. The molecule has 2 rings (SSSR count). The van der Waals surface area contributed by atoms with Crippen molar-refractivity contribution in [3.63, 3.8) is 0 Å². The molecule has 0 amide bonds. The van der Waals surface area contributed by atoms with E-state index < -0.39 is 0 Å². The van der Waals surface area contributed by atoms with E-state index in [0.29, 0.717) is 0 Å². The van der Waals surface area contributed by atoms with Gasteiger partial charge in [-0.15, -0.1) is 0 Å². The molecule has 117 valence electrons. The molecule has 0 N–H and O–H groups in total. The van der Waals surface area contributed by atoms with E-state index in [9.17, 15) is 0 Å². The van der Waals surface area contributed by atoms with Crippen molar-refractivity contribution in [3.8, 4) is 0 Å². The first-order chi connectivity index (χ1) is 8.25. The molecule has 0 heterocycles. The SMILES string of the molecule is Cc1c[c-](C)c(C)c1C.Cc1c[c-](C)c(C)c1C.[Cl-].[Cl-].[V+4]. The molecule has 2 aromatic carbocycles. The number of hydrogen-bond donors (Lipinski definition) is 0. The van der Waals surface area contributed by atoms with Gasteiger partial charge in [-0.05, 0) is 0 Å². The first-order valence-corrected chi connectivity index (χ1v) is 6.65. The average molecular weight is 364 g/mol. The molecule has 0 aliphatic rings. The summed E-state index contributed by atoms with van der Waals surface area (Å²) in [6.07, 6.45) is 0. The Labute approximate surface area is 155 Å². The maximum atomic E-state index is 2.24. The van der Waals surface area contributed by atoms with Gasteiger partial charge in [-0.3, -0.25) is 0 Å². The number of hydrogen-bond acceptors (Lipinski definition) is 0. The Morgan fingerprint density at radius 1 is 0.619 bits per heavy atom. The minimum absolute atomic E-state index is 0. The predicted octanol–water partition coefficient (Wildman–Crippen LogP) is -0.716. The Morgan fingerprint density at radius 2 is 0.857 bits per heavy atom. The summed E-state index contributed by atoms with van der Waals surface area (Å²) in [6.45, 7) is 17.4. The Morgan fingerprint density at radius 3 is 0.905 bits per heavy atom. The molecule has 0 aromatic heterocycles. The molecule has 21 heavy (non-hydrogen) atoms. The van der Waals surface area contributed by atoms with E-state index in [2.05, 4.69) is 67.5 Å². The number of aryl methyl sites for hydroxylation is 4. The van der Waals surface area contributed by atoms with Gasteiger partial charge in [-0.2, -0.15) is 56.6 Å². The fraction of sp³-hybridized carbons (Fsp3) is 0.444. The van der Waals surface area contributed by atoms with Gasteiger partial charge >= 0.3 is 18.6 Å². The quantitative estimate of drug-likeness (QED) is 0.542. The van der Waals surface area contributed by atoms with Gasteiger partial charge in [0.2, 0.25) is 0 Å². The van der Waals surface area contributed by atoms with Crippen molar-refractivity contribution in [2.24, 2.45) is 0 Å². The van der Waals surface area contributed by atoms with E-state index in [-0.39, 0.29) is 43.4 Å². The zero-order valence-electron chi connectivity index (χ0n) is 14.4. The van der Waals surface area contributed by atoms with Crippen LogP contribution in [0, 0.1) is 55.4 Å². The first-order valence-electron chi connectivity index (χ1n) is 6.65. The second-order valence-electron chi connectivity index (χ2n) is 5.52. The van der Waals surface area contributed by atoms with Crippen LogP contribution in [-0.4, -0.2) is 0 Å². The van der Waals surface area contributed by atoms with Crippen LogP contribution >= 0.6 is 0 Å². The summed E-state index contributed by atoms with van der Waals surface area (Å²) in [5, 5.41) is 0. The number of rotatable bonds is 0. The van der Waals surface area contributed by atoms with Crippen LogP contribution < -0.4 is 24.8 Å². The maximum absolute atomic E-state index is 2.24. The van der Waals surface area contributed by atoms with E-state index >= 15 is 0 Å². The van der Waals surface area contributed by atoms with Crippen molar-refractivity contribution in [1.29, 1.82) is 0 Å². The molecular formula is C18H26Cl2V. The Hall–Kier alpha value is -0.136. The molecule has 1 radical (unpaired) electrons. The molecule has 0 bridgehead atoms. The van der Waals surface area contributed by atoms with Gasteiger partial charge in [0.1, 0.15) is 0 Å². The molecule has 0 saturated heterocycles. The van der Waals surface area contributed by atoms with Gasteiger partial charge in [0.05, 0.1) is 0 Å². The monoisotopic (exact) mass is 363 g/mol. The second-order valence-corrected chi connectivity index (χ2v) is 5.52. The third-order valence-corrected chi connectivity index (χ3v) is 4.36. The van der Waals surface area contributed by atoms with Gasteiger partial charge in [0.15, 0.2) is 0 Å². The van der Waals surface area contributed by atoms with E-state index in [4.69, 9.17) is 0 Å². The standard InChI is InChI=1S/2C9H13.2ClH.V/c2*1-6-5-7(2)9(4)8(6)3;;;/h2*5H,1-4H3;2*1H;/q2*-1;;;+4/p-2. The molecule has 3 heteroatoms. The molecule has 0 aliphatic heterocycles. The van der Waals surface area contributed by atoms with Crippen LogP contribution in [0.15, 0.2) is 12.1 Å². The van der Waals surface area contributed by atoms with Crippen LogP contribution in [0.5, 0.6) is 0 Å². The normalized spacial score (nSPS) is 8.76. The topological polar surface area (TPSA) is 0 Å². The van der Waals surface area contributed by atoms with Crippen molar-refractivity contribution in [2.75, 3.05) is 0 Å². The summed E-state index contributed by atoms with van der Waals surface area (Å²) in [7, 11) is 0. The molecule has 0 unspecified atom stereocenters. The third kappa shape index (κ3) is 6.24. The minimum atomic E-state index is 0. The Bertz CT molecular complexity index is 453. The smallest absolute Gasteiger partial charge is 1.00 e. The summed E-state index contributed by atoms with van der Waals surface area (Å²) in [6, 6.07) is 4.48. The van der Waals surface area contributed by atoms with Crippen molar-refractivity contribution in [1.82, 2.24) is 0 Å². The van der Waals surface area contributed by atoms with Gasteiger partial charge in [0, 0.05) is 0 Å². The summed E-state index contributed by atoms with van der Waals surface area (Å²) < 4.78 is 0. The Balaban J connectivity index is -0.000000270. The van der Waals surface area contributed by atoms with Gasteiger partial charge < -0.3 is 24.8 Å². The second kappa shape index (κ2) is 10.6. The fourth-order valence-electron chi connectivity index (χ4n) is 2.27. The van der Waals surface area contributed by atoms with E-state index in [1.807, 2.05) is 0 Å². The van der Waals surface area contributed by atoms with Crippen LogP contribution in [0.4, 0.5) is 0 Å². The predicted molar refractivity (Wildman–Crippen MR) is 82.0 cm³/mol. The first kappa shape index (κ1) is 25.8. The molecule has 0 fully saturated rings. The summed E-state index contributed by atoms with van der Waals surface area (Å²) >= 11 is 0. The van der Waals surface area contributed by atoms with Crippen LogP contribution in [0.25, 0.3) is 0 Å². The van der Waals surface area contributed by atoms with Gasteiger partial charge in [-0.1, -0.05) is 55.4 Å². The van der Waals surface area contributed by atoms with Crippen LogP contribution in [0.3, 0.4) is 0 Å². The summed E-state index contributed by atoms with van der Waals surface area (Å²) in [4.78, 5) is 0.